The number of rotatable bonds is 9. The second-order valence-electron chi connectivity index (χ2n) is 5.84. The largest absolute Gasteiger partial charge is 0.368 e. The summed E-state index contributed by atoms with van der Waals surface area (Å²) < 4.78 is 0. The van der Waals surface area contributed by atoms with Crippen LogP contribution < -0.4 is 11.1 Å². The van der Waals surface area contributed by atoms with Crippen molar-refractivity contribution in [3.63, 3.8) is 0 Å². The molecule has 108 valence electrons. The maximum absolute atomic E-state index is 11.6. The van der Waals surface area contributed by atoms with Gasteiger partial charge in [0.1, 0.15) is 0 Å². The van der Waals surface area contributed by atoms with Crippen LogP contribution in [0.3, 0.4) is 0 Å². The van der Waals surface area contributed by atoms with E-state index in [1.807, 2.05) is 6.92 Å². The van der Waals surface area contributed by atoms with Gasteiger partial charge in [-0.1, -0.05) is 20.8 Å². The van der Waals surface area contributed by atoms with Crippen LogP contribution in [0.2, 0.25) is 0 Å². The molecule has 4 nitrogen and oxygen atoms in total. The molecule has 0 aromatic heterocycles. The zero-order valence-electron chi connectivity index (χ0n) is 12.9. The summed E-state index contributed by atoms with van der Waals surface area (Å²) in [6.45, 7) is 12.3. The highest BCUT2D eigenvalue weighted by Crippen LogP contribution is 2.14. The van der Waals surface area contributed by atoms with Crippen molar-refractivity contribution in [1.82, 2.24) is 10.2 Å². The normalized spacial score (nSPS) is 16.9. The number of carbonyl (C=O) groups excluding carboxylic acids is 1. The van der Waals surface area contributed by atoms with Gasteiger partial charge in [-0.2, -0.15) is 0 Å². The van der Waals surface area contributed by atoms with Crippen molar-refractivity contribution < 1.29 is 4.79 Å². The monoisotopic (exact) mass is 257 g/mol. The summed E-state index contributed by atoms with van der Waals surface area (Å²) in [4.78, 5) is 13.9. The number of hydrogen-bond donors (Lipinski definition) is 2. The first kappa shape index (κ1) is 17.4. The lowest BCUT2D eigenvalue weighted by molar-refractivity contribution is -0.124. The molecular weight excluding hydrogens is 226 g/mol. The van der Waals surface area contributed by atoms with Crippen LogP contribution in [0.15, 0.2) is 0 Å². The smallest absolute Gasteiger partial charge is 0.237 e. The molecule has 0 saturated heterocycles. The van der Waals surface area contributed by atoms with E-state index in [0.29, 0.717) is 12.0 Å². The molecule has 0 aliphatic carbocycles. The molecule has 0 aliphatic heterocycles. The molecule has 0 aliphatic rings. The van der Waals surface area contributed by atoms with Gasteiger partial charge in [-0.3, -0.25) is 4.79 Å². The third-order valence-corrected chi connectivity index (χ3v) is 3.93. The van der Waals surface area contributed by atoms with Gasteiger partial charge in [0.15, 0.2) is 0 Å². The van der Waals surface area contributed by atoms with E-state index < -0.39 is 5.54 Å². The van der Waals surface area contributed by atoms with E-state index in [2.05, 4.69) is 45.0 Å². The van der Waals surface area contributed by atoms with Crippen molar-refractivity contribution in [3.8, 4) is 0 Å². The summed E-state index contributed by atoms with van der Waals surface area (Å²) in [7, 11) is 2.10. The number of hydrogen-bond acceptors (Lipinski definition) is 3. The maximum atomic E-state index is 11.6. The Morgan fingerprint density at radius 1 is 1.39 bits per heavy atom. The second-order valence-corrected chi connectivity index (χ2v) is 5.84. The van der Waals surface area contributed by atoms with Crippen LogP contribution in [-0.2, 0) is 4.79 Å². The summed E-state index contributed by atoms with van der Waals surface area (Å²) in [6, 6.07) is 0.508. The molecule has 0 fully saturated rings. The first-order valence-corrected chi connectivity index (χ1v) is 6.99. The number of nitrogens with one attached hydrogen (secondary N) is 1. The summed E-state index contributed by atoms with van der Waals surface area (Å²) in [6.07, 6.45) is 1.75. The summed E-state index contributed by atoms with van der Waals surface area (Å²) in [5, 5.41) is 3.27. The molecule has 2 unspecified atom stereocenters. The number of nitrogens with two attached hydrogens (primary N) is 1. The quantitative estimate of drug-likeness (QED) is 0.659. The SMILES string of the molecule is CCCNC(C)(CCN(C)C(C)C(C)C)C(N)=O. The predicted molar refractivity (Wildman–Crippen MR) is 77.4 cm³/mol. The van der Waals surface area contributed by atoms with Gasteiger partial charge in [0, 0.05) is 12.6 Å². The molecular formula is C14H31N3O. The summed E-state index contributed by atoms with van der Waals surface area (Å²) in [5.41, 5.74) is 4.92. The van der Waals surface area contributed by atoms with Gasteiger partial charge in [-0.15, -0.1) is 0 Å². The standard InChI is InChI=1S/C14H31N3O/c1-7-9-16-14(5,13(15)18)8-10-17(6)12(4)11(2)3/h11-12,16H,7-10H2,1-6H3,(H2,15,18). The van der Waals surface area contributed by atoms with Gasteiger partial charge in [0.25, 0.3) is 0 Å². The van der Waals surface area contributed by atoms with E-state index in [1.165, 1.54) is 0 Å². The van der Waals surface area contributed by atoms with Crippen molar-refractivity contribution in [2.24, 2.45) is 11.7 Å². The zero-order valence-corrected chi connectivity index (χ0v) is 12.9. The minimum Gasteiger partial charge on any atom is -0.368 e. The number of primary amides is 1. The van der Waals surface area contributed by atoms with Crippen molar-refractivity contribution in [3.05, 3.63) is 0 Å². The van der Waals surface area contributed by atoms with Crippen LogP contribution in [0, 0.1) is 5.92 Å². The highest BCUT2D eigenvalue weighted by Gasteiger charge is 2.30. The lowest BCUT2D eigenvalue weighted by Gasteiger charge is -2.33. The van der Waals surface area contributed by atoms with Gasteiger partial charge in [0.05, 0.1) is 5.54 Å². The number of nitrogens with zero attached hydrogens (tertiary/aromatic N) is 1. The Hall–Kier alpha value is -0.610. The molecule has 0 aromatic carbocycles. The molecule has 2 atom stereocenters. The molecule has 0 saturated carbocycles. The first-order valence-electron chi connectivity index (χ1n) is 6.99. The molecule has 0 aromatic rings. The van der Waals surface area contributed by atoms with E-state index in [4.69, 9.17) is 5.73 Å². The Balaban J connectivity index is 4.39. The molecule has 0 spiro atoms. The molecule has 3 N–H and O–H groups in total. The van der Waals surface area contributed by atoms with Crippen LogP contribution in [-0.4, -0.2) is 42.5 Å². The molecule has 18 heavy (non-hydrogen) atoms. The van der Waals surface area contributed by atoms with Gasteiger partial charge < -0.3 is 16.0 Å². The predicted octanol–water partition coefficient (Wildman–Crippen LogP) is 1.60. The molecule has 4 heteroatoms. The Morgan fingerprint density at radius 3 is 2.33 bits per heavy atom. The third kappa shape index (κ3) is 5.36. The fourth-order valence-electron chi connectivity index (χ4n) is 1.81. The van der Waals surface area contributed by atoms with Crippen LogP contribution >= 0.6 is 0 Å². The van der Waals surface area contributed by atoms with Crippen LogP contribution in [0.4, 0.5) is 0 Å². The Labute approximate surface area is 112 Å². The minimum atomic E-state index is -0.596. The average molecular weight is 257 g/mol. The maximum Gasteiger partial charge on any atom is 0.237 e. The van der Waals surface area contributed by atoms with Crippen LogP contribution in [0.5, 0.6) is 0 Å². The fourth-order valence-corrected chi connectivity index (χ4v) is 1.81. The van der Waals surface area contributed by atoms with Crippen molar-refractivity contribution in [2.75, 3.05) is 20.1 Å². The highest BCUT2D eigenvalue weighted by atomic mass is 16.1. The summed E-state index contributed by atoms with van der Waals surface area (Å²) in [5.74, 6) is 0.347. The van der Waals surface area contributed by atoms with Crippen molar-refractivity contribution in [1.29, 1.82) is 0 Å². The Kier molecular flexibility index (Phi) is 7.48. The summed E-state index contributed by atoms with van der Waals surface area (Å²) >= 11 is 0. The van der Waals surface area contributed by atoms with Crippen molar-refractivity contribution in [2.45, 2.75) is 59.0 Å². The van der Waals surface area contributed by atoms with Gasteiger partial charge >= 0.3 is 0 Å². The molecule has 0 radical (unpaired) electrons. The molecule has 0 heterocycles. The van der Waals surface area contributed by atoms with E-state index >= 15 is 0 Å². The van der Waals surface area contributed by atoms with E-state index in [1.54, 1.807) is 0 Å². The minimum absolute atomic E-state index is 0.262. The number of amides is 1. The zero-order chi connectivity index (χ0) is 14.3. The van der Waals surface area contributed by atoms with E-state index in [0.717, 1.165) is 25.9 Å². The molecule has 0 rings (SSSR count). The second kappa shape index (κ2) is 7.74. The third-order valence-electron chi connectivity index (χ3n) is 3.93. The van der Waals surface area contributed by atoms with Crippen LogP contribution in [0.25, 0.3) is 0 Å². The van der Waals surface area contributed by atoms with E-state index in [9.17, 15) is 4.79 Å². The van der Waals surface area contributed by atoms with E-state index in [-0.39, 0.29) is 5.91 Å². The molecule has 0 bridgehead atoms. The Bertz CT molecular complexity index is 255. The van der Waals surface area contributed by atoms with Crippen molar-refractivity contribution >= 4 is 5.91 Å². The first-order chi connectivity index (χ1) is 8.24. The average Bonchev–Trinajstić information content (AvgIpc) is 2.31. The Morgan fingerprint density at radius 2 is 1.94 bits per heavy atom. The number of carbonyl (C=O) groups is 1. The molecule has 1 amide bonds. The van der Waals surface area contributed by atoms with Gasteiger partial charge in [-0.05, 0) is 46.2 Å². The van der Waals surface area contributed by atoms with Gasteiger partial charge in [0.2, 0.25) is 5.91 Å². The lowest BCUT2D eigenvalue weighted by Crippen LogP contribution is -2.55. The fraction of sp³-hybridized carbons (Fsp3) is 0.929. The lowest BCUT2D eigenvalue weighted by atomic mass is 9.95. The van der Waals surface area contributed by atoms with Gasteiger partial charge in [-0.25, -0.2) is 0 Å². The highest BCUT2D eigenvalue weighted by molar-refractivity contribution is 5.84. The van der Waals surface area contributed by atoms with Crippen LogP contribution in [0.1, 0.15) is 47.5 Å². The topological polar surface area (TPSA) is 58.4 Å².